The number of halogens is 1. The first-order valence-electron chi connectivity index (χ1n) is 9.39. The molecule has 0 fully saturated rings. The predicted molar refractivity (Wildman–Crippen MR) is 127 cm³/mol. The summed E-state index contributed by atoms with van der Waals surface area (Å²) >= 11 is 1.34. The van der Waals surface area contributed by atoms with Crippen molar-refractivity contribution in [3.63, 3.8) is 0 Å². The summed E-state index contributed by atoms with van der Waals surface area (Å²) in [6.07, 6.45) is 0.727. The molecule has 0 aliphatic rings. The third-order valence-electron chi connectivity index (χ3n) is 4.27. The van der Waals surface area contributed by atoms with Crippen LogP contribution in [0.5, 0.6) is 0 Å². The van der Waals surface area contributed by atoms with E-state index in [4.69, 9.17) is 0 Å². The van der Waals surface area contributed by atoms with Gasteiger partial charge in [-0.25, -0.2) is 8.42 Å². The summed E-state index contributed by atoms with van der Waals surface area (Å²) in [7, 11) is -3.36. The largest absolute Gasteiger partial charge is 0.357 e. The first kappa shape index (κ1) is 26.6. The minimum Gasteiger partial charge on any atom is -0.357 e. The van der Waals surface area contributed by atoms with Crippen molar-refractivity contribution in [3.8, 4) is 0 Å². The normalized spacial score (nSPS) is 13.6. The third-order valence-corrected chi connectivity index (χ3v) is 7.94. The van der Waals surface area contributed by atoms with E-state index in [-0.39, 0.29) is 24.0 Å². The Morgan fingerprint density at radius 3 is 2.33 bits per heavy atom. The summed E-state index contributed by atoms with van der Waals surface area (Å²) in [5, 5.41) is 6.66. The van der Waals surface area contributed by atoms with Gasteiger partial charge in [0.2, 0.25) is 0 Å². The van der Waals surface area contributed by atoms with E-state index in [1.165, 1.54) is 15.6 Å². The number of guanidine groups is 1. The Bertz CT molecular complexity index is 671. The van der Waals surface area contributed by atoms with Crippen molar-refractivity contribution in [1.82, 2.24) is 14.9 Å². The summed E-state index contributed by atoms with van der Waals surface area (Å²) in [6, 6.07) is 3.94. The van der Waals surface area contributed by atoms with Gasteiger partial charge in [0.15, 0.2) is 5.96 Å². The number of thiophene rings is 1. The topological polar surface area (TPSA) is 73.8 Å². The Hall–Kier alpha value is -0.390. The summed E-state index contributed by atoms with van der Waals surface area (Å²) < 4.78 is 27.0. The molecular formula is C18H35IN4O2S2. The van der Waals surface area contributed by atoms with E-state index in [0.717, 1.165) is 23.8 Å². The van der Waals surface area contributed by atoms with Crippen molar-refractivity contribution in [2.45, 2.75) is 58.2 Å². The van der Waals surface area contributed by atoms with Gasteiger partial charge < -0.3 is 10.6 Å². The van der Waals surface area contributed by atoms with Gasteiger partial charge in [-0.15, -0.1) is 35.3 Å². The smallest absolute Gasteiger partial charge is 0.252 e. The molecule has 1 rings (SSSR count). The number of sulfonamides is 1. The van der Waals surface area contributed by atoms with Crippen LogP contribution in [0, 0.1) is 5.92 Å². The SMILES string of the molecule is CCNC(=NCCc1ccc(S(=O)(=O)N(CC)CC)s1)NC(C)C(C)C.I. The molecule has 0 saturated carbocycles. The zero-order valence-electron chi connectivity index (χ0n) is 17.3. The molecule has 0 saturated heterocycles. The molecule has 9 heteroatoms. The highest BCUT2D eigenvalue weighted by Gasteiger charge is 2.23. The molecule has 6 nitrogen and oxygen atoms in total. The molecule has 27 heavy (non-hydrogen) atoms. The van der Waals surface area contributed by atoms with Gasteiger partial charge in [0.1, 0.15) is 4.21 Å². The maximum Gasteiger partial charge on any atom is 0.252 e. The summed E-state index contributed by atoms with van der Waals surface area (Å²) in [4.78, 5) is 5.65. The van der Waals surface area contributed by atoms with Crippen LogP contribution in [0.4, 0.5) is 0 Å². The van der Waals surface area contributed by atoms with Gasteiger partial charge in [-0.1, -0.05) is 27.7 Å². The van der Waals surface area contributed by atoms with E-state index >= 15 is 0 Å². The molecule has 0 aliphatic carbocycles. The molecule has 0 spiro atoms. The molecule has 158 valence electrons. The van der Waals surface area contributed by atoms with Crippen LogP contribution >= 0.6 is 35.3 Å². The van der Waals surface area contributed by atoms with Crippen LogP contribution in [0.15, 0.2) is 21.3 Å². The van der Waals surface area contributed by atoms with Crippen LogP contribution in [0.25, 0.3) is 0 Å². The Kier molecular flexibility index (Phi) is 12.8. The lowest BCUT2D eigenvalue weighted by atomic mass is 10.1. The maximum atomic E-state index is 12.5. The lowest BCUT2D eigenvalue weighted by molar-refractivity contribution is 0.447. The van der Waals surface area contributed by atoms with Crippen molar-refractivity contribution >= 4 is 51.3 Å². The van der Waals surface area contributed by atoms with E-state index in [9.17, 15) is 8.42 Å². The van der Waals surface area contributed by atoms with Gasteiger partial charge in [-0.2, -0.15) is 4.31 Å². The quantitative estimate of drug-likeness (QED) is 0.276. The fourth-order valence-corrected chi connectivity index (χ4v) is 5.26. The van der Waals surface area contributed by atoms with Gasteiger partial charge in [0.25, 0.3) is 10.0 Å². The molecular weight excluding hydrogens is 495 g/mol. The second-order valence-electron chi connectivity index (χ2n) is 6.50. The molecule has 0 bridgehead atoms. The molecule has 0 radical (unpaired) electrons. The van der Waals surface area contributed by atoms with Crippen LogP contribution < -0.4 is 10.6 Å². The van der Waals surface area contributed by atoms with Crippen LogP contribution in [0.1, 0.15) is 46.4 Å². The molecule has 0 aromatic carbocycles. The van der Waals surface area contributed by atoms with Crippen molar-refractivity contribution in [2.24, 2.45) is 10.9 Å². The zero-order chi connectivity index (χ0) is 19.7. The van der Waals surface area contributed by atoms with E-state index in [0.29, 0.717) is 35.8 Å². The second kappa shape index (κ2) is 12.9. The molecule has 1 unspecified atom stereocenters. The zero-order valence-corrected chi connectivity index (χ0v) is 21.2. The van der Waals surface area contributed by atoms with Gasteiger partial charge in [-0.05, 0) is 31.9 Å². The lowest BCUT2D eigenvalue weighted by Crippen LogP contribution is -2.44. The molecule has 2 N–H and O–H groups in total. The van der Waals surface area contributed by atoms with Crippen molar-refractivity contribution in [2.75, 3.05) is 26.2 Å². The first-order valence-corrected chi connectivity index (χ1v) is 11.7. The number of nitrogens with one attached hydrogen (secondary N) is 2. The van der Waals surface area contributed by atoms with Crippen molar-refractivity contribution < 1.29 is 8.42 Å². The van der Waals surface area contributed by atoms with Crippen LogP contribution in [-0.4, -0.2) is 50.9 Å². The van der Waals surface area contributed by atoms with Crippen LogP contribution in [-0.2, 0) is 16.4 Å². The monoisotopic (exact) mass is 530 g/mol. The number of nitrogens with zero attached hydrogens (tertiary/aromatic N) is 2. The van der Waals surface area contributed by atoms with E-state index in [2.05, 4.69) is 36.4 Å². The molecule has 1 aromatic heterocycles. The molecule has 1 aromatic rings. The maximum absolute atomic E-state index is 12.5. The molecule has 0 amide bonds. The first-order chi connectivity index (χ1) is 12.3. The fraction of sp³-hybridized carbons (Fsp3) is 0.722. The Morgan fingerprint density at radius 1 is 1.19 bits per heavy atom. The van der Waals surface area contributed by atoms with Gasteiger partial charge in [0.05, 0.1) is 0 Å². The van der Waals surface area contributed by atoms with E-state index < -0.39 is 10.0 Å². The minimum atomic E-state index is -3.36. The highest BCUT2D eigenvalue weighted by molar-refractivity contribution is 14.0. The number of aliphatic imine (C=N–C) groups is 1. The third kappa shape index (κ3) is 8.25. The molecule has 1 heterocycles. The standard InChI is InChI=1S/C18H34N4O2S2.HI/c1-7-19-18(21-15(6)14(4)5)20-13-12-16-10-11-17(25-16)26(23,24)22(8-2)9-3;/h10-11,14-15H,7-9,12-13H2,1-6H3,(H2,19,20,21);1H. The van der Waals surface area contributed by atoms with Gasteiger partial charge >= 0.3 is 0 Å². The Morgan fingerprint density at radius 2 is 1.81 bits per heavy atom. The summed E-state index contributed by atoms with van der Waals surface area (Å²) in [5.74, 6) is 1.32. The summed E-state index contributed by atoms with van der Waals surface area (Å²) in [5.41, 5.74) is 0. The van der Waals surface area contributed by atoms with Crippen molar-refractivity contribution in [3.05, 3.63) is 17.0 Å². The van der Waals surface area contributed by atoms with Crippen LogP contribution in [0.2, 0.25) is 0 Å². The highest BCUT2D eigenvalue weighted by atomic mass is 127. The lowest BCUT2D eigenvalue weighted by Gasteiger charge is -2.20. The van der Waals surface area contributed by atoms with Gasteiger partial charge in [0, 0.05) is 43.5 Å². The molecule has 0 aliphatic heterocycles. The average Bonchev–Trinajstić information content (AvgIpc) is 3.05. The molecule has 1 atom stereocenters. The summed E-state index contributed by atoms with van der Waals surface area (Å²) in [6.45, 7) is 14.6. The Labute approximate surface area is 186 Å². The minimum absolute atomic E-state index is 0. The second-order valence-corrected chi connectivity index (χ2v) is 9.83. The predicted octanol–water partition coefficient (Wildman–Crippen LogP) is 3.54. The fourth-order valence-electron chi connectivity index (χ4n) is 2.30. The van der Waals surface area contributed by atoms with E-state index in [1.54, 1.807) is 6.07 Å². The van der Waals surface area contributed by atoms with Crippen LogP contribution in [0.3, 0.4) is 0 Å². The van der Waals surface area contributed by atoms with Crippen molar-refractivity contribution in [1.29, 1.82) is 0 Å². The number of hydrogen-bond acceptors (Lipinski definition) is 4. The number of hydrogen-bond donors (Lipinski definition) is 2. The van der Waals surface area contributed by atoms with Gasteiger partial charge in [-0.3, -0.25) is 4.99 Å². The average molecular weight is 531 g/mol. The highest BCUT2D eigenvalue weighted by Crippen LogP contribution is 2.25. The van der Waals surface area contributed by atoms with E-state index in [1.807, 2.05) is 26.8 Å². The number of rotatable bonds is 10. The Balaban J connectivity index is 0.00000676.